The first kappa shape index (κ1) is 25.3. The Labute approximate surface area is 210 Å². The van der Waals surface area contributed by atoms with E-state index >= 15 is 0 Å². The summed E-state index contributed by atoms with van der Waals surface area (Å²) in [6.45, 7) is 6.89. The molecule has 7 heteroatoms. The summed E-state index contributed by atoms with van der Waals surface area (Å²) in [5.74, 6) is 0.861. The summed E-state index contributed by atoms with van der Waals surface area (Å²) in [7, 11) is 0. The molecule has 3 aromatic rings. The number of hydrogen-bond donors (Lipinski definition) is 1. The summed E-state index contributed by atoms with van der Waals surface area (Å²) in [6, 6.07) is 24.3. The summed E-state index contributed by atoms with van der Waals surface area (Å²) < 4.78 is 6.07. The molecule has 3 N–H and O–H groups in total. The molecule has 2 aliphatic heterocycles. The lowest BCUT2D eigenvalue weighted by Crippen LogP contribution is -2.46. The maximum Gasteiger partial charge on any atom is 0.335 e. The van der Waals surface area contributed by atoms with Crippen LogP contribution in [0.25, 0.3) is 0 Å². The predicted octanol–water partition coefficient (Wildman–Crippen LogP) is 4.09. The van der Waals surface area contributed by atoms with Gasteiger partial charge in [-0.15, -0.1) is 11.8 Å². The van der Waals surface area contributed by atoms with Crippen molar-refractivity contribution in [3.8, 4) is 5.75 Å². The first-order valence-electron chi connectivity index (χ1n) is 11.9. The van der Waals surface area contributed by atoms with E-state index in [4.69, 9.17) is 4.74 Å². The van der Waals surface area contributed by atoms with E-state index in [9.17, 15) is 9.90 Å². The predicted molar refractivity (Wildman–Crippen MR) is 140 cm³/mol. The third-order valence-electron chi connectivity index (χ3n) is 6.67. The molecule has 0 radical (unpaired) electrons. The highest BCUT2D eigenvalue weighted by molar-refractivity contribution is 7.99. The molecule has 0 saturated carbocycles. The van der Waals surface area contributed by atoms with Gasteiger partial charge in [0.2, 0.25) is 0 Å². The van der Waals surface area contributed by atoms with Gasteiger partial charge in [-0.2, -0.15) is 0 Å². The second-order valence-electron chi connectivity index (χ2n) is 8.90. The molecule has 0 aliphatic carbocycles. The lowest BCUT2D eigenvalue weighted by atomic mass is 9.98. The van der Waals surface area contributed by atoms with Crippen LogP contribution in [0.4, 0.5) is 0 Å². The Kier molecular flexibility index (Phi) is 8.46. The van der Waals surface area contributed by atoms with Gasteiger partial charge in [0.15, 0.2) is 0 Å². The molecule has 1 fully saturated rings. The summed E-state index contributed by atoms with van der Waals surface area (Å²) in [5.41, 5.74) is 5.04. The van der Waals surface area contributed by atoms with Crippen LogP contribution in [0.15, 0.2) is 72.8 Å². The van der Waals surface area contributed by atoms with Crippen LogP contribution in [0.2, 0.25) is 0 Å². The normalized spacial score (nSPS) is 17.9. The van der Waals surface area contributed by atoms with Gasteiger partial charge >= 0.3 is 5.97 Å². The molecule has 1 saturated heterocycles. The smallest absolute Gasteiger partial charge is 0.335 e. The van der Waals surface area contributed by atoms with Gasteiger partial charge < -0.3 is 15.3 Å². The standard InChI is InChI=1S/C28H30N2O3S.H2O/c31-28(32)22-10-11-26-25(18-22)27(24-9-5-4-8-23(24)20-33-26)34-17-16-29-12-14-30(15-13-29)19-21-6-2-1-3-7-21;/h1-11,18,27H,12-17,19-20H2,(H,31,32);1H2. The summed E-state index contributed by atoms with van der Waals surface area (Å²) in [5, 5.41) is 9.60. The third-order valence-corrected chi connectivity index (χ3v) is 7.93. The first-order chi connectivity index (χ1) is 16.7. The second-order valence-corrected chi connectivity index (χ2v) is 10.1. The first-order valence-corrected chi connectivity index (χ1v) is 12.9. The van der Waals surface area contributed by atoms with Crippen LogP contribution >= 0.6 is 11.8 Å². The molecule has 2 aliphatic rings. The topological polar surface area (TPSA) is 84.5 Å². The maximum atomic E-state index is 11.6. The van der Waals surface area contributed by atoms with E-state index in [1.165, 1.54) is 16.7 Å². The molecule has 0 bridgehead atoms. The van der Waals surface area contributed by atoms with Gasteiger partial charge in [0, 0.05) is 50.6 Å². The highest BCUT2D eigenvalue weighted by Gasteiger charge is 2.26. The number of thioether (sulfide) groups is 1. The number of fused-ring (bicyclic) bond motifs is 2. The SMILES string of the molecule is O.O=C(O)c1ccc2c(c1)C(SCCN1CCN(Cc3ccccc3)CC1)c1ccccc1CO2. The minimum atomic E-state index is -0.905. The number of carbonyl (C=O) groups is 1. The van der Waals surface area contributed by atoms with Crippen molar-refractivity contribution < 1.29 is 20.1 Å². The van der Waals surface area contributed by atoms with Crippen LogP contribution in [-0.2, 0) is 13.2 Å². The van der Waals surface area contributed by atoms with E-state index in [1.807, 2.05) is 23.9 Å². The number of carboxylic acid groups (broad SMARTS) is 1. The highest BCUT2D eigenvalue weighted by atomic mass is 32.2. The van der Waals surface area contributed by atoms with Crippen LogP contribution in [0.1, 0.15) is 37.9 Å². The molecule has 5 rings (SSSR count). The zero-order valence-corrected chi connectivity index (χ0v) is 20.5. The summed E-state index contributed by atoms with van der Waals surface area (Å²) in [4.78, 5) is 16.7. The Morgan fingerprint density at radius 3 is 2.40 bits per heavy atom. The minimum Gasteiger partial charge on any atom is -0.489 e. The third kappa shape index (κ3) is 6.05. The summed E-state index contributed by atoms with van der Waals surface area (Å²) >= 11 is 1.89. The molecule has 35 heavy (non-hydrogen) atoms. The van der Waals surface area contributed by atoms with E-state index in [1.54, 1.807) is 12.1 Å². The van der Waals surface area contributed by atoms with Gasteiger partial charge in [-0.25, -0.2) is 4.79 Å². The highest BCUT2D eigenvalue weighted by Crippen LogP contribution is 2.44. The number of benzene rings is 3. The Hall–Kier alpha value is -2.84. The molecule has 0 spiro atoms. The van der Waals surface area contributed by atoms with Gasteiger partial charge in [-0.1, -0.05) is 54.6 Å². The number of hydrogen-bond acceptors (Lipinski definition) is 5. The molecule has 1 unspecified atom stereocenters. The van der Waals surface area contributed by atoms with Crippen molar-refractivity contribution in [2.45, 2.75) is 18.4 Å². The van der Waals surface area contributed by atoms with Crippen LogP contribution in [0.3, 0.4) is 0 Å². The Morgan fingerprint density at radius 1 is 0.914 bits per heavy atom. The Balaban J connectivity index is 0.00000289. The van der Waals surface area contributed by atoms with Gasteiger partial charge in [-0.05, 0) is 34.9 Å². The van der Waals surface area contributed by atoms with Crippen molar-refractivity contribution in [3.05, 3.63) is 101 Å². The fourth-order valence-corrected chi connectivity index (χ4v) is 6.13. The van der Waals surface area contributed by atoms with E-state index in [-0.39, 0.29) is 10.7 Å². The summed E-state index contributed by atoms with van der Waals surface area (Å²) in [6.07, 6.45) is 0. The molecule has 3 aromatic carbocycles. The van der Waals surface area contributed by atoms with Gasteiger partial charge in [0.05, 0.1) is 10.8 Å². The van der Waals surface area contributed by atoms with Crippen molar-refractivity contribution >= 4 is 17.7 Å². The number of ether oxygens (including phenoxy) is 1. The molecular formula is C28H32N2O4S. The quantitative estimate of drug-likeness (QED) is 0.535. The minimum absolute atomic E-state index is 0. The Morgan fingerprint density at radius 2 is 1.63 bits per heavy atom. The van der Waals surface area contributed by atoms with E-state index in [0.717, 1.165) is 56.3 Å². The van der Waals surface area contributed by atoms with E-state index < -0.39 is 5.97 Å². The van der Waals surface area contributed by atoms with Crippen LogP contribution in [-0.4, -0.2) is 64.8 Å². The van der Waals surface area contributed by atoms with Crippen molar-refractivity contribution in [2.24, 2.45) is 0 Å². The Bertz CT molecular complexity index is 1130. The monoisotopic (exact) mass is 492 g/mol. The van der Waals surface area contributed by atoms with E-state index in [0.29, 0.717) is 12.2 Å². The molecule has 2 heterocycles. The number of rotatable bonds is 7. The largest absolute Gasteiger partial charge is 0.489 e. The van der Waals surface area contributed by atoms with E-state index in [2.05, 4.69) is 58.3 Å². The van der Waals surface area contributed by atoms with Crippen molar-refractivity contribution in [3.63, 3.8) is 0 Å². The van der Waals surface area contributed by atoms with Crippen LogP contribution in [0, 0.1) is 0 Å². The number of aromatic carboxylic acids is 1. The molecule has 1 atom stereocenters. The lowest BCUT2D eigenvalue weighted by molar-refractivity contribution is 0.0696. The number of piperazine rings is 1. The van der Waals surface area contributed by atoms with Crippen LogP contribution in [0.5, 0.6) is 5.75 Å². The van der Waals surface area contributed by atoms with Crippen molar-refractivity contribution in [1.82, 2.24) is 9.80 Å². The van der Waals surface area contributed by atoms with Crippen LogP contribution < -0.4 is 4.74 Å². The fourth-order valence-electron chi connectivity index (χ4n) is 4.75. The van der Waals surface area contributed by atoms with Gasteiger partial charge in [-0.3, -0.25) is 9.80 Å². The molecule has 0 amide bonds. The number of carboxylic acids is 1. The second kappa shape index (κ2) is 11.7. The van der Waals surface area contributed by atoms with Gasteiger partial charge in [0.1, 0.15) is 12.4 Å². The fraction of sp³-hybridized carbons (Fsp3) is 0.321. The number of nitrogens with zero attached hydrogens (tertiary/aromatic N) is 2. The average Bonchev–Trinajstić information content (AvgIpc) is 3.02. The molecule has 6 nitrogen and oxygen atoms in total. The van der Waals surface area contributed by atoms with Crippen molar-refractivity contribution in [2.75, 3.05) is 38.5 Å². The average molecular weight is 493 g/mol. The van der Waals surface area contributed by atoms with Crippen molar-refractivity contribution in [1.29, 1.82) is 0 Å². The molecule has 0 aromatic heterocycles. The zero-order chi connectivity index (χ0) is 23.3. The molecule has 184 valence electrons. The maximum absolute atomic E-state index is 11.6. The van der Waals surface area contributed by atoms with Gasteiger partial charge in [0.25, 0.3) is 0 Å². The molecular weight excluding hydrogens is 460 g/mol. The zero-order valence-electron chi connectivity index (χ0n) is 19.7. The lowest BCUT2D eigenvalue weighted by Gasteiger charge is -2.35.